The minimum Gasteiger partial charge on any atom is -0.294 e. The zero-order valence-corrected chi connectivity index (χ0v) is 9.06. The van der Waals surface area contributed by atoms with Gasteiger partial charge in [-0.15, -0.1) is 11.3 Å². The maximum absolute atomic E-state index is 4.56. The molecule has 2 aromatic rings. The fourth-order valence-corrected chi connectivity index (χ4v) is 2.34. The minimum absolute atomic E-state index is 0.525. The third kappa shape index (κ3) is 1.37. The number of imidazole rings is 1. The van der Waals surface area contributed by atoms with E-state index in [1.54, 1.807) is 11.3 Å². The van der Waals surface area contributed by atoms with Crippen LogP contribution in [0.2, 0.25) is 0 Å². The smallest absolute Gasteiger partial charge is 0.194 e. The van der Waals surface area contributed by atoms with Crippen LogP contribution in [0.4, 0.5) is 0 Å². The van der Waals surface area contributed by atoms with Crippen molar-refractivity contribution in [2.45, 2.75) is 33.1 Å². The van der Waals surface area contributed by atoms with Crippen LogP contribution in [-0.4, -0.2) is 9.38 Å². The van der Waals surface area contributed by atoms with E-state index >= 15 is 0 Å². The van der Waals surface area contributed by atoms with Gasteiger partial charge in [-0.2, -0.15) is 0 Å². The summed E-state index contributed by atoms with van der Waals surface area (Å²) in [4.78, 5) is 5.69. The quantitative estimate of drug-likeness (QED) is 0.718. The van der Waals surface area contributed by atoms with Gasteiger partial charge in [0.05, 0.1) is 5.69 Å². The number of hydrogen-bond acceptors (Lipinski definition) is 2. The summed E-state index contributed by atoms with van der Waals surface area (Å²) in [7, 11) is 0. The van der Waals surface area contributed by atoms with Gasteiger partial charge in [0.2, 0.25) is 0 Å². The van der Waals surface area contributed by atoms with Crippen LogP contribution in [0.15, 0.2) is 11.6 Å². The van der Waals surface area contributed by atoms with Gasteiger partial charge in [-0.1, -0.05) is 20.8 Å². The summed E-state index contributed by atoms with van der Waals surface area (Å²) >= 11 is 1.73. The number of rotatable bonds is 2. The SMILES string of the molecule is CCc1csc2nc(C(C)C)cn12. The van der Waals surface area contributed by atoms with Gasteiger partial charge >= 0.3 is 0 Å². The topological polar surface area (TPSA) is 17.3 Å². The second-order valence-electron chi connectivity index (χ2n) is 3.55. The third-order valence-electron chi connectivity index (χ3n) is 2.26. The maximum Gasteiger partial charge on any atom is 0.194 e. The lowest BCUT2D eigenvalue weighted by Gasteiger charge is -1.96. The van der Waals surface area contributed by atoms with E-state index in [9.17, 15) is 0 Å². The minimum atomic E-state index is 0.525. The molecule has 2 nitrogen and oxygen atoms in total. The first-order valence-electron chi connectivity index (χ1n) is 4.67. The zero-order chi connectivity index (χ0) is 9.42. The van der Waals surface area contributed by atoms with Crippen LogP contribution in [0.1, 0.15) is 38.1 Å². The molecule has 0 aliphatic rings. The Morgan fingerprint density at radius 3 is 2.92 bits per heavy atom. The molecule has 0 atom stereocenters. The Hall–Kier alpha value is -0.830. The van der Waals surface area contributed by atoms with Crippen molar-refractivity contribution in [3.8, 4) is 0 Å². The summed E-state index contributed by atoms with van der Waals surface area (Å²) < 4.78 is 2.21. The molecule has 0 saturated heterocycles. The summed E-state index contributed by atoms with van der Waals surface area (Å²) in [5.74, 6) is 0.525. The molecule has 2 aromatic heterocycles. The number of thiazole rings is 1. The predicted molar refractivity (Wildman–Crippen MR) is 56.5 cm³/mol. The molecule has 70 valence electrons. The van der Waals surface area contributed by atoms with Crippen molar-refractivity contribution in [3.63, 3.8) is 0 Å². The number of aryl methyl sites for hydroxylation is 1. The van der Waals surface area contributed by atoms with Gasteiger partial charge in [0.15, 0.2) is 4.96 Å². The van der Waals surface area contributed by atoms with Crippen LogP contribution in [-0.2, 0) is 6.42 Å². The van der Waals surface area contributed by atoms with E-state index < -0.39 is 0 Å². The first kappa shape index (κ1) is 8.75. The number of hydrogen-bond donors (Lipinski definition) is 0. The molecule has 0 saturated carbocycles. The van der Waals surface area contributed by atoms with E-state index in [1.807, 2.05) is 0 Å². The monoisotopic (exact) mass is 194 g/mol. The molecular formula is C10H14N2S. The summed E-state index contributed by atoms with van der Waals surface area (Å²) in [6, 6.07) is 0. The fraction of sp³-hybridized carbons (Fsp3) is 0.500. The predicted octanol–water partition coefficient (Wildman–Crippen LogP) is 3.08. The molecular weight excluding hydrogens is 180 g/mol. The van der Waals surface area contributed by atoms with E-state index in [4.69, 9.17) is 0 Å². The first-order valence-corrected chi connectivity index (χ1v) is 5.55. The maximum atomic E-state index is 4.56. The van der Waals surface area contributed by atoms with Crippen LogP contribution >= 0.6 is 11.3 Å². The lowest BCUT2D eigenvalue weighted by molar-refractivity contribution is 0.832. The molecule has 0 aromatic carbocycles. The van der Waals surface area contributed by atoms with Crippen molar-refractivity contribution < 1.29 is 0 Å². The molecule has 13 heavy (non-hydrogen) atoms. The van der Waals surface area contributed by atoms with E-state index in [0.29, 0.717) is 5.92 Å². The Morgan fingerprint density at radius 2 is 2.31 bits per heavy atom. The van der Waals surface area contributed by atoms with E-state index in [1.165, 1.54) is 11.4 Å². The van der Waals surface area contributed by atoms with Crippen LogP contribution < -0.4 is 0 Å². The highest BCUT2D eigenvalue weighted by Crippen LogP contribution is 2.20. The number of nitrogens with zero attached hydrogens (tertiary/aromatic N) is 2. The van der Waals surface area contributed by atoms with Gasteiger partial charge in [-0.25, -0.2) is 4.98 Å². The molecule has 2 rings (SSSR count). The largest absolute Gasteiger partial charge is 0.294 e. The lowest BCUT2D eigenvalue weighted by atomic mass is 10.2. The Balaban J connectivity index is 2.56. The number of aromatic nitrogens is 2. The highest BCUT2D eigenvalue weighted by atomic mass is 32.1. The summed E-state index contributed by atoms with van der Waals surface area (Å²) in [5.41, 5.74) is 2.56. The summed E-state index contributed by atoms with van der Waals surface area (Å²) in [6.45, 7) is 6.53. The van der Waals surface area contributed by atoms with Crippen molar-refractivity contribution >= 4 is 16.3 Å². The van der Waals surface area contributed by atoms with Crippen molar-refractivity contribution in [2.24, 2.45) is 0 Å². The summed E-state index contributed by atoms with van der Waals surface area (Å²) in [6.07, 6.45) is 3.24. The highest BCUT2D eigenvalue weighted by Gasteiger charge is 2.08. The van der Waals surface area contributed by atoms with Gasteiger partial charge in [0.1, 0.15) is 0 Å². The molecule has 0 fully saturated rings. The first-order chi connectivity index (χ1) is 6.22. The Labute approximate surface area is 82.2 Å². The molecule has 2 heterocycles. The molecule has 0 aliphatic heterocycles. The Morgan fingerprint density at radius 1 is 1.54 bits per heavy atom. The van der Waals surface area contributed by atoms with Crippen LogP contribution in [0.3, 0.4) is 0 Å². The number of fused-ring (bicyclic) bond motifs is 1. The molecule has 0 radical (unpaired) electrons. The molecule has 0 bridgehead atoms. The highest BCUT2D eigenvalue weighted by molar-refractivity contribution is 7.15. The average Bonchev–Trinajstić information content (AvgIpc) is 2.60. The van der Waals surface area contributed by atoms with Gasteiger partial charge in [-0.3, -0.25) is 4.40 Å². The molecule has 3 heteroatoms. The van der Waals surface area contributed by atoms with E-state index in [0.717, 1.165) is 11.4 Å². The second kappa shape index (κ2) is 3.14. The van der Waals surface area contributed by atoms with Crippen LogP contribution in [0, 0.1) is 0 Å². The van der Waals surface area contributed by atoms with Crippen molar-refractivity contribution in [1.29, 1.82) is 0 Å². The molecule has 0 spiro atoms. The molecule has 0 aliphatic carbocycles. The average molecular weight is 194 g/mol. The molecule has 0 amide bonds. The summed E-state index contributed by atoms with van der Waals surface area (Å²) in [5, 5.41) is 2.19. The van der Waals surface area contributed by atoms with Crippen molar-refractivity contribution in [3.05, 3.63) is 23.0 Å². The normalized spacial score (nSPS) is 11.7. The zero-order valence-electron chi connectivity index (χ0n) is 8.24. The standard InChI is InChI=1S/C10H14N2S/c1-4-8-6-13-10-11-9(7(2)3)5-12(8)10/h5-7H,4H2,1-3H3. The van der Waals surface area contributed by atoms with E-state index in [2.05, 4.69) is 41.7 Å². The van der Waals surface area contributed by atoms with E-state index in [-0.39, 0.29) is 0 Å². The molecule has 0 N–H and O–H groups in total. The van der Waals surface area contributed by atoms with Gasteiger partial charge in [-0.05, 0) is 12.3 Å². The lowest BCUT2D eigenvalue weighted by Crippen LogP contribution is -1.87. The second-order valence-corrected chi connectivity index (χ2v) is 4.39. The van der Waals surface area contributed by atoms with Gasteiger partial charge in [0.25, 0.3) is 0 Å². The van der Waals surface area contributed by atoms with Gasteiger partial charge < -0.3 is 0 Å². The van der Waals surface area contributed by atoms with Crippen LogP contribution in [0.25, 0.3) is 4.96 Å². The Bertz CT molecular complexity index is 411. The third-order valence-corrected chi connectivity index (χ3v) is 3.14. The van der Waals surface area contributed by atoms with Crippen molar-refractivity contribution in [1.82, 2.24) is 9.38 Å². The fourth-order valence-electron chi connectivity index (χ4n) is 1.38. The van der Waals surface area contributed by atoms with Crippen LogP contribution in [0.5, 0.6) is 0 Å². The van der Waals surface area contributed by atoms with Gasteiger partial charge in [0, 0.05) is 17.3 Å². The van der Waals surface area contributed by atoms with Crippen molar-refractivity contribution in [2.75, 3.05) is 0 Å². The molecule has 0 unspecified atom stereocenters. The Kier molecular flexibility index (Phi) is 2.12.